The van der Waals surface area contributed by atoms with Crippen molar-refractivity contribution in [2.75, 3.05) is 13.2 Å². The number of hydrogen-bond acceptors (Lipinski definition) is 3. The van der Waals surface area contributed by atoms with Crippen LogP contribution in [0.5, 0.6) is 0 Å². The first-order valence-electron chi connectivity index (χ1n) is 5.49. The van der Waals surface area contributed by atoms with Crippen LogP contribution < -0.4 is 5.32 Å². The number of halogens is 2. The van der Waals surface area contributed by atoms with Gasteiger partial charge >= 0.3 is 0 Å². The Morgan fingerprint density at radius 1 is 1.19 bits per heavy atom. The molecule has 0 spiro atoms. The van der Waals surface area contributed by atoms with Crippen molar-refractivity contribution in [3.05, 3.63) is 21.0 Å². The minimum atomic E-state index is 0.307. The molecular weight excluding hydrogens is 338 g/mol. The van der Waals surface area contributed by atoms with Gasteiger partial charge in [0, 0.05) is 6.61 Å². The maximum Gasteiger partial charge on any atom is 0.183 e. The van der Waals surface area contributed by atoms with Gasteiger partial charge < -0.3 is 14.8 Å². The van der Waals surface area contributed by atoms with Crippen molar-refractivity contribution in [1.29, 1.82) is 0 Å². The molecule has 1 aromatic rings. The summed E-state index contributed by atoms with van der Waals surface area (Å²) in [5.41, 5.74) is 0. The van der Waals surface area contributed by atoms with Crippen LogP contribution in [0.3, 0.4) is 0 Å². The lowest BCUT2D eigenvalue weighted by Crippen LogP contribution is -2.14. The minimum absolute atomic E-state index is 0.307. The van der Waals surface area contributed by atoms with Crippen molar-refractivity contribution < 1.29 is 9.52 Å². The van der Waals surface area contributed by atoms with Crippen molar-refractivity contribution in [1.82, 2.24) is 5.32 Å². The highest BCUT2D eigenvalue weighted by atomic mass is 79.9. The third-order valence-electron chi connectivity index (χ3n) is 2.26. The van der Waals surface area contributed by atoms with Crippen LogP contribution in [-0.2, 0) is 6.54 Å². The molecule has 0 radical (unpaired) electrons. The van der Waals surface area contributed by atoms with Gasteiger partial charge in [0.25, 0.3) is 0 Å². The van der Waals surface area contributed by atoms with Crippen LogP contribution in [0.25, 0.3) is 0 Å². The topological polar surface area (TPSA) is 45.4 Å². The molecule has 1 aromatic heterocycles. The molecule has 2 N–H and O–H groups in total. The molecule has 0 fully saturated rings. The summed E-state index contributed by atoms with van der Waals surface area (Å²) in [6.45, 7) is 2.05. The normalized spacial score (nSPS) is 10.9. The summed E-state index contributed by atoms with van der Waals surface area (Å²) in [6.07, 6.45) is 4.33. The first kappa shape index (κ1) is 14.2. The summed E-state index contributed by atoms with van der Waals surface area (Å²) in [4.78, 5) is 0. The molecule has 3 nitrogen and oxygen atoms in total. The number of hydrogen-bond donors (Lipinski definition) is 2. The SMILES string of the molecule is OCCCCCCNCc1cc(Br)c(Br)o1. The van der Waals surface area contributed by atoms with Gasteiger partial charge in [-0.1, -0.05) is 12.8 Å². The second kappa shape index (κ2) is 8.28. The predicted molar refractivity (Wildman–Crippen MR) is 71.4 cm³/mol. The smallest absolute Gasteiger partial charge is 0.183 e. The van der Waals surface area contributed by atoms with Gasteiger partial charge in [0.05, 0.1) is 11.0 Å². The van der Waals surface area contributed by atoms with Crippen LogP contribution >= 0.6 is 31.9 Å². The molecule has 0 aliphatic carbocycles. The summed E-state index contributed by atoms with van der Waals surface area (Å²) < 4.78 is 7.13. The van der Waals surface area contributed by atoms with E-state index in [0.717, 1.165) is 47.3 Å². The predicted octanol–water partition coefficient (Wildman–Crippen LogP) is 3.45. The van der Waals surface area contributed by atoms with E-state index in [1.54, 1.807) is 0 Å². The molecule has 0 atom stereocenters. The lowest BCUT2D eigenvalue weighted by molar-refractivity contribution is 0.282. The highest BCUT2D eigenvalue weighted by Gasteiger charge is 2.04. The molecule has 1 rings (SSSR count). The van der Waals surface area contributed by atoms with Crippen molar-refractivity contribution >= 4 is 31.9 Å². The van der Waals surface area contributed by atoms with Crippen LogP contribution in [0.4, 0.5) is 0 Å². The number of unbranched alkanes of at least 4 members (excludes halogenated alkanes) is 3. The summed E-state index contributed by atoms with van der Waals surface area (Å²) in [5.74, 6) is 0.925. The van der Waals surface area contributed by atoms with Gasteiger partial charge in [-0.2, -0.15) is 0 Å². The fraction of sp³-hybridized carbons (Fsp3) is 0.636. The zero-order valence-corrected chi connectivity index (χ0v) is 12.3. The largest absolute Gasteiger partial charge is 0.452 e. The molecule has 1 heterocycles. The third-order valence-corrected chi connectivity index (χ3v) is 3.97. The average molecular weight is 355 g/mol. The van der Waals surface area contributed by atoms with Crippen molar-refractivity contribution in [2.45, 2.75) is 32.2 Å². The van der Waals surface area contributed by atoms with Gasteiger partial charge in [-0.3, -0.25) is 0 Å². The zero-order chi connectivity index (χ0) is 11.8. The molecule has 0 bridgehead atoms. The van der Waals surface area contributed by atoms with Crippen LogP contribution in [0.1, 0.15) is 31.4 Å². The number of aliphatic hydroxyl groups excluding tert-OH is 1. The summed E-state index contributed by atoms with van der Waals surface area (Å²) in [5, 5.41) is 11.9. The summed E-state index contributed by atoms with van der Waals surface area (Å²) >= 11 is 6.68. The molecule has 5 heteroatoms. The number of aliphatic hydroxyl groups is 1. The maximum absolute atomic E-state index is 8.61. The van der Waals surface area contributed by atoms with E-state index in [9.17, 15) is 0 Å². The Balaban J connectivity index is 2.03. The lowest BCUT2D eigenvalue weighted by Gasteiger charge is -2.02. The van der Waals surface area contributed by atoms with Gasteiger partial charge in [-0.25, -0.2) is 0 Å². The van der Waals surface area contributed by atoms with Crippen molar-refractivity contribution in [2.24, 2.45) is 0 Å². The second-order valence-corrected chi connectivity index (χ2v) is 5.22. The Morgan fingerprint density at radius 3 is 2.56 bits per heavy atom. The Labute approximate surface area is 113 Å². The molecule has 0 saturated carbocycles. The number of furan rings is 1. The van der Waals surface area contributed by atoms with E-state index in [4.69, 9.17) is 9.52 Å². The first-order valence-corrected chi connectivity index (χ1v) is 7.08. The second-order valence-electron chi connectivity index (χ2n) is 3.65. The monoisotopic (exact) mass is 353 g/mol. The zero-order valence-electron chi connectivity index (χ0n) is 9.14. The standard InChI is InChI=1S/C11H17Br2NO2/c12-10-7-9(16-11(10)13)8-14-5-3-1-2-4-6-15/h7,14-15H,1-6,8H2. The number of rotatable bonds is 8. The maximum atomic E-state index is 8.61. The van der Waals surface area contributed by atoms with E-state index < -0.39 is 0 Å². The molecule has 0 aliphatic rings. The van der Waals surface area contributed by atoms with Crippen molar-refractivity contribution in [3.8, 4) is 0 Å². The summed E-state index contributed by atoms with van der Waals surface area (Å²) in [7, 11) is 0. The van der Waals surface area contributed by atoms with E-state index in [1.807, 2.05) is 6.07 Å². The van der Waals surface area contributed by atoms with Crippen LogP contribution in [0.2, 0.25) is 0 Å². The molecular formula is C11H17Br2NO2. The average Bonchev–Trinajstić information content (AvgIpc) is 2.57. The molecule has 16 heavy (non-hydrogen) atoms. The van der Waals surface area contributed by atoms with Gasteiger partial charge in [-0.05, 0) is 57.3 Å². The highest BCUT2D eigenvalue weighted by Crippen LogP contribution is 2.26. The number of nitrogens with one attached hydrogen (secondary N) is 1. The van der Waals surface area contributed by atoms with Gasteiger partial charge in [0.1, 0.15) is 5.76 Å². The molecule has 0 unspecified atom stereocenters. The van der Waals surface area contributed by atoms with E-state index in [0.29, 0.717) is 6.61 Å². The Bertz CT molecular complexity index is 283. The third kappa shape index (κ3) is 5.48. The van der Waals surface area contributed by atoms with Gasteiger partial charge in [0.15, 0.2) is 4.67 Å². The molecule has 0 aliphatic heterocycles. The molecule has 0 amide bonds. The van der Waals surface area contributed by atoms with Crippen LogP contribution in [0, 0.1) is 0 Å². The van der Waals surface area contributed by atoms with E-state index in [1.165, 1.54) is 6.42 Å². The Hall–Kier alpha value is 0.160. The first-order chi connectivity index (χ1) is 7.74. The highest BCUT2D eigenvalue weighted by molar-refractivity contribution is 9.13. The fourth-order valence-electron chi connectivity index (χ4n) is 1.41. The Kier molecular flexibility index (Phi) is 7.36. The molecule has 0 saturated heterocycles. The fourth-order valence-corrected chi connectivity index (χ4v) is 2.06. The quantitative estimate of drug-likeness (QED) is 0.703. The van der Waals surface area contributed by atoms with Gasteiger partial charge in [-0.15, -0.1) is 0 Å². The molecule has 0 aromatic carbocycles. The van der Waals surface area contributed by atoms with Crippen LogP contribution in [0.15, 0.2) is 19.6 Å². The summed E-state index contributed by atoms with van der Waals surface area (Å²) in [6, 6.07) is 1.96. The van der Waals surface area contributed by atoms with E-state index in [-0.39, 0.29) is 0 Å². The Morgan fingerprint density at radius 2 is 1.94 bits per heavy atom. The lowest BCUT2D eigenvalue weighted by atomic mass is 10.2. The van der Waals surface area contributed by atoms with Crippen LogP contribution in [-0.4, -0.2) is 18.3 Å². The van der Waals surface area contributed by atoms with Crippen molar-refractivity contribution in [3.63, 3.8) is 0 Å². The van der Waals surface area contributed by atoms with Gasteiger partial charge in [0.2, 0.25) is 0 Å². The van der Waals surface area contributed by atoms with E-state index >= 15 is 0 Å². The minimum Gasteiger partial charge on any atom is -0.452 e. The van der Waals surface area contributed by atoms with E-state index in [2.05, 4.69) is 37.2 Å². The molecule has 92 valence electrons.